The molecule has 0 aliphatic heterocycles. The van der Waals surface area contributed by atoms with E-state index in [1.807, 2.05) is 6.92 Å². The molecule has 9 heavy (non-hydrogen) atoms. The average Bonchev–Trinajstić information content (AvgIpc) is 1.89. The first kappa shape index (κ1) is 8.06. The Labute approximate surface area is 55.1 Å². The smallest absolute Gasteiger partial charge is 0.104 e. The maximum absolute atomic E-state index is 8.17. The van der Waals surface area contributed by atoms with Crippen molar-refractivity contribution in [1.82, 2.24) is 0 Å². The molecule has 0 atom stereocenters. The molecule has 0 bridgehead atoms. The molecule has 0 spiro atoms. The van der Waals surface area contributed by atoms with Crippen molar-refractivity contribution in [2.24, 2.45) is 0 Å². The zero-order chi connectivity index (χ0) is 6.95. The highest BCUT2D eigenvalue weighted by Crippen LogP contribution is 1.73. The van der Waals surface area contributed by atoms with Gasteiger partial charge in [-0.15, -0.1) is 0 Å². The summed E-state index contributed by atoms with van der Waals surface area (Å²) in [4.78, 5) is 0. The topological polar surface area (TPSA) is 29.5 Å². The molecule has 1 N–H and O–H groups in total. The van der Waals surface area contributed by atoms with Gasteiger partial charge >= 0.3 is 0 Å². The van der Waals surface area contributed by atoms with E-state index in [4.69, 9.17) is 9.84 Å². The van der Waals surface area contributed by atoms with Crippen molar-refractivity contribution in [3.63, 3.8) is 0 Å². The monoisotopic (exact) mass is 126 g/mol. The molecule has 0 aromatic rings. The minimum absolute atomic E-state index is 0.101. The summed E-state index contributed by atoms with van der Waals surface area (Å²) in [6.07, 6.45) is 3.06. The molecule has 0 saturated heterocycles. The van der Waals surface area contributed by atoms with E-state index in [0.717, 1.165) is 0 Å². The first-order chi connectivity index (χ1) is 4.41. The van der Waals surface area contributed by atoms with Crippen molar-refractivity contribution in [3.8, 4) is 11.8 Å². The number of ether oxygens (including phenoxy) is 1. The molecular weight excluding hydrogens is 116 g/mol. The normalized spacial score (nSPS) is 8.67. The van der Waals surface area contributed by atoms with Crippen LogP contribution >= 0.6 is 0 Å². The van der Waals surface area contributed by atoms with Crippen LogP contribution in [0.15, 0.2) is 12.3 Å². The average molecular weight is 126 g/mol. The van der Waals surface area contributed by atoms with E-state index in [1.165, 1.54) is 6.26 Å². The second kappa shape index (κ2) is 7.06. The van der Waals surface area contributed by atoms with Crippen LogP contribution in [0.25, 0.3) is 0 Å². The van der Waals surface area contributed by atoms with Gasteiger partial charge in [-0.3, -0.25) is 0 Å². The predicted octanol–water partition coefficient (Wildman–Crippen LogP) is 0.532. The molecule has 0 rings (SSSR count). The third-order valence-electron chi connectivity index (χ3n) is 0.595. The number of hydrogen-bond donors (Lipinski definition) is 1. The van der Waals surface area contributed by atoms with Crippen LogP contribution in [0.1, 0.15) is 6.92 Å². The van der Waals surface area contributed by atoms with E-state index in [-0.39, 0.29) is 6.61 Å². The fraction of sp³-hybridized carbons (Fsp3) is 0.429. The zero-order valence-electron chi connectivity index (χ0n) is 5.42. The quantitative estimate of drug-likeness (QED) is 0.432. The molecule has 0 aromatic carbocycles. The van der Waals surface area contributed by atoms with Crippen molar-refractivity contribution < 1.29 is 9.84 Å². The third-order valence-corrected chi connectivity index (χ3v) is 0.595. The highest BCUT2D eigenvalue weighted by atomic mass is 16.5. The SMILES string of the molecule is CCO/C=C/C#CCO. The molecule has 0 heterocycles. The summed E-state index contributed by atoms with van der Waals surface area (Å²) in [6.45, 7) is 2.44. The van der Waals surface area contributed by atoms with E-state index in [0.29, 0.717) is 6.61 Å². The van der Waals surface area contributed by atoms with E-state index in [9.17, 15) is 0 Å². The number of allylic oxidation sites excluding steroid dienone is 1. The largest absolute Gasteiger partial charge is 0.501 e. The summed E-state index contributed by atoms with van der Waals surface area (Å²) in [7, 11) is 0. The molecule has 0 radical (unpaired) electrons. The van der Waals surface area contributed by atoms with Gasteiger partial charge in [0.25, 0.3) is 0 Å². The Bertz CT molecular complexity index is 128. The molecule has 0 fully saturated rings. The lowest BCUT2D eigenvalue weighted by Crippen LogP contribution is -1.75. The van der Waals surface area contributed by atoms with Crippen LogP contribution in [-0.4, -0.2) is 18.3 Å². The Balaban J connectivity index is 3.23. The summed E-state index contributed by atoms with van der Waals surface area (Å²) in [5.74, 6) is 5.01. The second-order valence-corrected chi connectivity index (χ2v) is 1.24. The van der Waals surface area contributed by atoms with Gasteiger partial charge in [0.05, 0.1) is 12.9 Å². The second-order valence-electron chi connectivity index (χ2n) is 1.24. The van der Waals surface area contributed by atoms with Gasteiger partial charge in [-0.05, 0) is 6.92 Å². The summed E-state index contributed by atoms with van der Waals surface area (Å²) < 4.78 is 4.82. The van der Waals surface area contributed by atoms with Crippen molar-refractivity contribution in [2.75, 3.05) is 13.2 Å². The number of rotatable bonds is 2. The van der Waals surface area contributed by atoms with Gasteiger partial charge in [0.2, 0.25) is 0 Å². The molecule has 0 unspecified atom stereocenters. The molecule has 0 saturated carbocycles. The highest BCUT2D eigenvalue weighted by Gasteiger charge is 1.64. The summed E-state index contributed by atoms with van der Waals surface area (Å²) in [6, 6.07) is 0. The summed E-state index contributed by atoms with van der Waals surface area (Å²) >= 11 is 0. The Morgan fingerprint density at radius 3 is 3.00 bits per heavy atom. The van der Waals surface area contributed by atoms with Crippen LogP contribution in [0.3, 0.4) is 0 Å². The maximum atomic E-state index is 8.17. The van der Waals surface area contributed by atoms with Crippen molar-refractivity contribution >= 4 is 0 Å². The third kappa shape index (κ3) is 7.06. The van der Waals surface area contributed by atoms with Crippen molar-refractivity contribution in [2.45, 2.75) is 6.92 Å². The lowest BCUT2D eigenvalue weighted by molar-refractivity contribution is 0.269. The van der Waals surface area contributed by atoms with Gasteiger partial charge in [0.1, 0.15) is 6.61 Å². The van der Waals surface area contributed by atoms with E-state index < -0.39 is 0 Å². The maximum Gasteiger partial charge on any atom is 0.104 e. The minimum Gasteiger partial charge on any atom is -0.501 e. The van der Waals surface area contributed by atoms with Crippen LogP contribution in [0.5, 0.6) is 0 Å². The molecule has 0 aliphatic rings. The standard InChI is InChI=1S/C7H10O2/c1-2-9-7-5-3-4-6-8/h5,7-8H,2,6H2,1H3/b7-5+. The number of aliphatic hydroxyl groups is 1. The number of hydrogen-bond acceptors (Lipinski definition) is 2. The van der Waals surface area contributed by atoms with Gasteiger partial charge < -0.3 is 9.84 Å². The Hall–Kier alpha value is -0.940. The van der Waals surface area contributed by atoms with E-state index >= 15 is 0 Å². The molecule has 0 aliphatic carbocycles. The van der Waals surface area contributed by atoms with Crippen molar-refractivity contribution in [3.05, 3.63) is 12.3 Å². The molecule has 0 amide bonds. The lowest BCUT2D eigenvalue weighted by atomic mass is 10.6. The molecule has 2 nitrogen and oxygen atoms in total. The summed E-state index contributed by atoms with van der Waals surface area (Å²) in [5.41, 5.74) is 0. The van der Waals surface area contributed by atoms with Crippen LogP contribution in [0.2, 0.25) is 0 Å². The van der Waals surface area contributed by atoms with Crippen LogP contribution in [0.4, 0.5) is 0 Å². The highest BCUT2D eigenvalue weighted by molar-refractivity contribution is 5.13. The van der Waals surface area contributed by atoms with Crippen LogP contribution < -0.4 is 0 Å². The van der Waals surface area contributed by atoms with Gasteiger partial charge in [-0.25, -0.2) is 0 Å². The Kier molecular flexibility index (Phi) is 6.32. The van der Waals surface area contributed by atoms with E-state index in [1.54, 1.807) is 6.08 Å². The van der Waals surface area contributed by atoms with Crippen LogP contribution in [0, 0.1) is 11.8 Å². The van der Waals surface area contributed by atoms with Crippen molar-refractivity contribution in [1.29, 1.82) is 0 Å². The molecule has 0 aromatic heterocycles. The number of aliphatic hydroxyl groups excluding tert-OH is 1. The molecule has 2 heteroatoms. The Morgan fingerprint density at radius 2 is 2.44 bits per heavy atom. The van der Waals surface area contributed by atoms with Gasteiger partial charge in [-0.1, -0.05) is 11.8 Å². The predicted molar refractivity (Wildman–Crippen MR) is 35.6 cm³/mol. The molecular formula is C7H10O2. The van der Waals surface area contributed by atoms with Crippen LogP contribution in [-0.2, 0) is 4.74 Å². The summed E-state index contributed by atoms with van der Waals surface area (Å²) in [5, 5.41) is 8.17. The first-order valence-electron chi connectivity index (χ1n) is 2.77. The van der Waals surface area contributed by atoms with E-state index in [2.05, 4.69) is 11.8 Å². The van der Waals surface area contributed by atoms with Gasteiger partial charge in [0.15, 0.2) is 0 Å². The first-order valence-corrected chi connectivity index (χ1v) is 2.77. The molecule has 50 valence electrons. The minimum atomic E-state index is -0.101. The fourth-order valence-electron chi connectivity index (χ4n) is 0.283. The lowest BCUT2D eigenvalue weighted by Gasteiger charge is -1.86. The fourth-order valence-corrected chi connectivity index (χ4v) is 0.283. The zero-order valence-corrected chi connectivity index (χ0v) is 5.42. The van der Waals surface area contributed by atoms with Gasteiger partial charge in [0, 0.05) is 6.08 Å². The Morgan fingerprint density at radius 1 is 1.67 bits per heavy atom. The van der Waals surface area contributed by atoms with Gasteiger partial charge in [-0.2, -0.15) is 0 Å².